The molecule has 2 rings (SSSR count). The Bertz CT molecular complexity index is 698. The molecule has 1 aliphatic rings. The molecule has 0 spiro atoms. The summed E-state index contributed by atoms with van der Waals surface area (Å²) in [6.07, 6.45) is 6.93. The normalized spacial score (nSPS) is 20.7. The molecule has 0 heterocycles. The summed E-state index contributed by atoms with van der Waals surface area (Å²) < 4.78 is 26.3. The van der Waals surface area contributed by atoms with Crippen molar-refractivity contribution in [3.63, 3.8) is 0 Å². The lowest BCUT2D eigenvalue weighted by Crippen LogP contribution is -2.37. The molecule has 1 saturated carbocycles. The first-order valence-electron chi connectivity index (χ1n) is 9.66. The third kappa shape index (κ3) is 4.86. The first kappa shape index (κ1) is 20.9. The molecule has 1 aliphatic carbocycles. The van der Waals surface area contributed by atoms with Gasteiger partial charge in [-0.1, -0.05) is 26.2 Å². The van der Waals surface area contributed by atoms with Crippen molar-refractivity contribution in [1.29, 1.82) is 0 Å². The maximum Gasteiger partial charge on any atom is 0.251 e. The number of amides is 1. The van der Waals surface area contributed by atoms with Gasteiger partial charge in [-0.15, -0.1) is 0 Å². The monoisotopic (exact) mass is 380 g/mol. The Morgan fingerprint density at radius 1 is 1.23 bits per heavy atom. The van der Waals surface area contributed by atoms with E-state index in [0.29, 0.717) is 11.5 Å². The van der Waals surface area contributed by atoms with Gasteiger partial charge in [0, 0.05) is 24.7 Å². The fourth-order valence-electron chi connectivity index (χ4n) is 3.51. The largest absolute Gasteiger partial charge is 0.349 e. The molecule has 2 unspecified atom stereocenters. The summed E-state index contributed by atoms with van der Waals surface area (Å²) in [4.78, 5) is 12.8. The van der Waals surface area contributed by atoms with Gasteiger partial charge in [0.05, 0.1) is 4.90 Å². The molecular weight excluding hydrogens is 348 g/mol. The van der Waals surface area contributed by atoms with E-state index in [2.05, 4.69) is 12.2 Å². The van der Waals surface area contributed by atoms with Gasteiger partial charge in [-0.2, -0.15) is 4.31 Å². The molecule has 0 saturated heterocycles. The number of carbonyl (C=O) groups excluding carboxylic acids is 1. The molecule has 0 aromatic heterocycles. The minimum Gasteiger partial charge on any atom is -0.349 e. The van der Waals surface area contributed by atoms with Gasteiger partial charge in [-0.25, -0.2) is 8.42 Å². The van der Waals surface area contributed by atoms with Crippen molar-refractivity contribution in [3.8, 4) is 0 Å². The van der Waals surface area contributed by atoms with E-state index in [1.54, 1.807) is 19.2 Å². The minimum atomic E-state index is -3.52. The third-order valence-electron chi connectivity index (χ3n) is 5.42. The van der Waals surface area contributed by atoms with Crippen LogP contribution in [0, 0.1) is 5.92 Å². The van der Waals surface area contributed by atoms with E-state index < -0.39 is 10.0 Å². The van der Waals surface area contributed by atoms with Gasteiger partial charge >= 0.3 is 0 Å². The van der Waals surface area contributed by atoms with Crippen molar-refractivity contribution in [2.45, 2.75) is 76.3 Å². The number of rotatable bonds is 8. The quantitative estimate of drug-likeness (QED) is 0.746. The van der Waals surface area contributed by atoms with Crippen LogP contribution in [-0.4, -0.2) is 37.8 Å². The van der Waals surface area contributed by atoms with Crippen LogP contribution < -0.4 is 5.32 Å². The zero-order valence-corrected chi connectivity index (χ0v) is 17.2. The number of hydrogen-bond donors (Lipinski definition) is 1. The number of sulfonamides is 1. The van der Waals surface area contributed by atoms with Crippen molar-refractivity contribution in [1.82, 2.24) is 9.62 Å². The Hall–Kier alpha value is -1.40. The van der Waals surface area contributed by atoms with Crippen molar-refractivity contribution >= 4 is 15.9 Å². The number of carbonyl (C=O) groups is 1. The highest BCUT2D eigenvalue weighted by atomic mass is 32.2. The molecule has 0 aliphatic heterocycles. The topological polar surface area (TPSA) is 66.5 Å². The Kier molecular flexibility index (Phi) is 7.24. The molecule has 1 N–H and O–H groups in total. The van der Waals surface area contributed by atoms with E-state index in [0.717, 1.165) is 12.8 Å². The highest BCUT2D eigenvalue weighted by Crippen LogP contribution is 2.30. The van der Waals surface area contributed by atoms with Crippen LogP contribution in [0.2, 0.25) is 0 Å². The van der Waals surface area contributed by atoms with Crippen LogP contribution in [0.25, 0.3) is 0 Å². The van der Waals surface area contributed by atoms with Crippen LogP contribution in [0.15, 0.2) is 29.2 Å². The van der Waals surface area contributed by atoms with E-state index in [9.17, 15) is 13.2 Å². The van der Waals surface area contributed by atoms with Gasteiger partial charge in [0.15, 0.2) is 0 Å². The van der Waals surface area contributed by atoms with Crippen molar-refractivity contribution < 1.29 is 13.2 Å². The second-order valence-electron chi connectivity index (χ2n) is 7.55. The standard InChI is InChI=1S/C20H32N2O3S/c1-5-6-8-16-9-7-10-19(16)21-20(23)17-11-13-18(14-12-17)26(24,25)22(4)15(2)3/h11-16,19H,5-10H2,1-4H3,(H,21,23). The summed E-state index contributed by atoms with van der Waals surface area (Å²) in [5.74, 6) is 0.456. The second-order valence-corrected chi connectivity index (χ2v) is 9.55. The van der Waals surface area contributed by atoms with Gasteiger partial charge < -0.3 is 5.32 Å². The van der Waals surface area contributed by atoms with E-state index in [-0.39, 0.29) is 22.9 Å². The summed E-state index contributed by atoms with van der Waals surface area (Å²) in [7, 11) is -1.95. The van der Waals surface area contributed by atoms with Crippen LogP contribution in [0.3, 0.4) is 0 Å². The van der Waals surface area contributed by atoms with Crippen LogP contribution in [0.4, 0.5) is 0 Å². The molecule has 1 amide bonds. The highest BCUT2D eigenvalue weighted by Gasteiger charge is 2.28. The van der Waals surface area contributed by atoms with Gasteiger partial charge in [-0.05, 0) is 63.3 Å². The fourth-order valence-corrected chi connectivity index (χ4v) is 4.88. The summed E-state index contributed by atoms with van der Waals surface area (Å²) >= 11 is 0. The van der Waals surface area contributed by atoms with Crippen LogP contribution >= 0.6 is 0 Å². The van der Waals surface area contributed by atoms with Gasteiger partial charge in [0.2, 0.25) is 10.0 Å². The Balaban J connectivity index is 2.05. The van der Waals surface area contributed by atoms with Gasteiger partial charge in [0.25, 0.3) is 5.91 Å². The molecule has 26 heavy (non-hydrogen) atoms. The Morgan fingerprint density at radius 2 is 1.88 bits per heavy atom. The smallest absolute Gasteiger partial charge is 0.251 e. The average molecular weight is 381 g/mol. The predicted molar refractivity (Wildman–Crippen MR) is 105 cm³/mol. The van der Waals surface area contributed by atoms with Gasteiger partial charge in [0.1, 0.15) is 0 Å². The summed E-state index contributed by atoms with van der Waals surface area (Å²) in [6.45, 7) is 5.85. The molecular formula is C20H32N2O3S. The molecule has 1 aromatic carbocycles. The number of unbranched alkanes of at least 4 members (excludes halogenated alkanes) is 1. The maximum absolute atomic E-state index is 12.6. The molecule has 6 heteroatoms. The Morgan fingerprint density at radius 3 is 2.46 bits per heavy atom. The van der Waals surface area contributed by atoms with E-state index in [1.807, 2.05) is 13.8 Å². The maximum atomic E-state index is 12.6. The molecule has 5 nitrogen and oxygen atoms in total. The predicted octanol–water partition coefficient (Wildman–Crippen LogP) is 3.80. The highest BCUT2D eigenvalue weighted by molar-refractivity contribution is 7.89. The van der Waals surface area contributed by atoms with Crippen molar-refractivity contribution in [2.24, 2.45) is 5.92 Å². The summed E-state index contributed by atoms with van der Waals surface area (Å²) in [5, 5.41) is 3.15. The number of nitrogens with zero attached hydrogens (tertiary/aromatic N) is 1. The fraction of sp³-hybridized carbons (Fsp3) is 0.650. The average Bonchev–Trinajstić information content (AvgIpc) is 3.06. The lowest BCUT2D eigenvalue weighted by Gasteiger charge is -2.22. The number of nitrogens with one attached hydrogen (secondary N) is 1. The first-order valence-corrected chi connectivity index (χ1v) is 11.1. The molecule has 1 aromatic rings. The molecule has 0 bridgehead atoms. The minimum absolute atomic E-state index is 0.112. The first-order chi connectivity index (χ1) is 12.3. The SMILES string of the molecule is CCCCC1CCCC1NC(=O)c1ccc(S(=O)(=O)N(C)C(C)C)cc1. The number of hydrogen-bond acceptors (Lipinski definition) is 3. The van der Waals surface area contributed by atoms with Crippen LogP contribution in [-0.2, 0) is 10.0 Å². The lowest BCUT2D eigenvalue weighted by molar-refractivity contribution is 0.0926. The second kappa shape index (κ2) is 9.00. The van der Waals surface area contributed by atoms with Crippen molar-refractivity contribution in [3.05, 3.63) is 29.8 Å². The van der Waals surface area contributed by atoms with E-state index in [1.165, 1.54) is 42.1 Å². The third-order valence-corrected chi connectivity index (χ3v) is 7.47. The Labute approximate surface area is 158 Å². The van der Waals surface area contributed by atoms with E-state index >= 15 is 0 Å². The number of benzene rings is 1. The zero-order chi connectivity index (χ0) is 19.3. The van der Waals surface area contributed by atoms with Crippen LogP contribution in [0.1, 0.15) is 69.7 Å². The lowest BCUT2D eigenvalue weighted by atomic mass is 9.96. The summed E-state index contributed by atoms with van der Waals surface area (Å²) in [6, 6.07) is 6.37. The summed E-state index contributed by atoms with van der Waals surface area (Å²) in [5.41, 5.74) is 0.511. The molecule has 1 fully saturated rings. The molecule has 0 radical (unpaired) electrons. The molecule has 146 valence electrons. The van der Waals surface area contributed by atoms with Gasteiger partial charge in [-0.3, -0.25) is 4.79 Å². The van der Waals surface area contributed by atoms with Crippen LogP contribution in [0.5, 0.6) is 0 Å². The van der Waals surface area contributed by atoms with Crippen molar-refractivity contribution in [2.75, 3.05) is 7.05 Å². The zero-order valence-electron chi connectivity index (χ0n) is 16.4. The molecule has 2 atom stereocenters. The van der Waals surface area contributed by atoms with E-state index in [4.69, 9.17) is 0 Å².